The molecule has 380 valence electrons. The standard InChI is InChI=1S/C53H60N6O13/c1-32(2)48(58-42(61)13-9-6-10-26-59-44(63)22-23-45(59)64)50(66)56-30-43(62)57-36-18-14-33(15-19-36)31-71-51(67)55-25-24-54-49(65)39-29-52(68)47-40(70-4)27-37(60)28-41(47)72-53(52,35-16-20-38(69-3)21-17-35)46(39)34-11-7-5-8-12-34/h5,7-8,11-12,14-23,27-28,32,39,46,48,60,68H,6,9-10,13,24-26,29-31H2,1-4H3,(H,54,65)(H,55,67)(H,56,66)(H,57,62)(H,58,61)/t39-,46+,48?,52+,53-/m0/s1. The maximum atomic E-state index is 14.3. The Morgan fingerprint density at radius 1 is 0.819 bits per heavy atom. The number of carbonyl (C=O) groups excluding carboxylic acids is 7. The molecule has 7 N–H and O–H groups in total. The highest BCUT2D eigenvalue weighted by molar-refractivity contribution is 6.12. The van der Waals surface area contributed by atoms with E-state index in [9.17, 15) is 43.8 Å². The van der Waals surface area contributed by atoms with Crippen LogP contribution in [0.25, 0.3) is 0 Å². The van der Waals surface area contributed by atoms with Gasteiger partial charge in [-0.15, -0.1) is 0 Å². The lowest BCUT2D eigenvalue weighted by molar-refractivity contribution is -0.137. The number of aliphatic hydroxyl groups is 1. The van der Waals surface area contributed by atoms with E-state index < -0.39 is 47.0 Å². The van der Waals surface area contributed by atoms with E-state index >= 15 is 0 Å². The van der Waals surface area contributed by atoms with Crippen molar-refractivity contribution in [1.82, 2.24) is 26.2 Å². The number of carbonyl (C=O) groups is 7. The van der Waals surface area contributed by atoms with Crippen LogP contribution in [0.3, 0.4) is 0 Å². The molecular weight excluding hydrogens is 929 g/mol. The number of methoxy groups -OCH3 is 2. The molecule has 7 amide bonds. The van der Waals surface area contributed by atoms with Gasteiger partial charge < -0.3 is 55.7 Å². The lowest BCUT2D eigenvalue weighted by Crippen LogP contribution is -2.51. The van der Waals surface area contributed by atoms with Crippen molar-refractivity contribution < 1.29 is 62.7 Å². The molecule has 0 spiro atoms. The minimum atomic E-state index is -1.81. The Balaban J connectivity index is 0.864. The van der Waals surface area contributed by atoms with E-state index in [-0.39, 0.29) is 92.4 Å². The minimum Gasteiger partial charge on any atom is -0.508 e. The van der Waals surface area contributed by atoms with E-state index in [4.69, 9.17) is 18.9 Å². The lowest BCUT2D eigenvalue weighted by atomic mass is 9.70. The van der Waals surface area contributed by atoms with Gasteiger partial charge >= 0.3 is 6.09 Å². The number of phenolic OH excluding ortho intramolecular Hbond substituents is 1. The van der Waals surface area contributed by atoms with Crippen molar-refractivity contribution in [2.75, 3.05) is 45.7 Å². The van der Waals surface area contributed by atoms with Gasteiger partial charge in [-0.2, -0.15) is 0 Å². The van der Waals surface area contributed by atoms with Gasteiger partial charge in [-0.3, -0.25) is 33.7 Å². The third-order valence-corrected chi connectivity index (χ3v) is 13.1. The maximum Gasteiger partial charge on any atom is 0.407 e. The smallest absolute Gasteiger partial charge is 0.407 e. The average molecular weight is 989 g/mol. The van der Waals surface area contributed by atoms with Gasteiger partial charge in [0.05, 0.1) is 32.2 Å². The first kappa shape index (κ1) is 51.9. The van der Waals surface area contributed by atoms with Gasteiger partial charge in [-0.1, -0.05) is 74.9 Å². The average Bonchev–Trinajstić information content (AvgIpc) is 3.93. The first-order chi connectivity index (χ1) is 34.6. The molecule has 0 radical (unpaired) electrons. The Morgan fingerprint density at radius 3 is 2.18 bits per heavy atom. The van der Waals surface area contributed by atoms with Crippen LogP contribution in [0.15, 0.2) is 103 Å². The summed E-state index contributed by atoms with van der Waals surface area (Å²) in [7, 11) is 2.98. The molecule has 5 atom stereocenters. The van der Waals surface area contributed by atoms with Crippen molar-refractivity contribution in [3.05, 3.63) is 125 Å². The summed E-state index contributed by atoms with van der Waals surface area (Å²) in [5.41, 5.74) is -0.699. The van der Waals surface area contributed by atoms with E-state index in [0.29, 0.717) is 47.4 Å². The number of rotatable bonds is 22. The number of unbranched alkanes of at least 4 members (excludes halogenated alkanes) is 2. The van der Waals surface area contributed by atoms with Gasteiger partial charge in [0.15, 0.2) is 5.60 Å². The molecule has 3 aliphatic rings. The summed E-state index contributed by atoms with van der Waals surface area (Å²) in [4.78, 5) is 89.9. The second kappa shape index (κ2) is 22.9. The second-order valence-electron chi connectivity index (χ2n) is 18.2. The fourth-order valence-electron chi connectivity index (χ4n) is 9.66. The summed E-state index contributed by atoms with van der Waals surface area (Å²) in [6.07, 6.45) is 3.46. The number of benzene rings is 4. The number of fused-ring (bicyclic) bond motifs is 3. The third-order valence-electron chi connectivity index (χ3n) is 13.1. The number of anilines is 1. The molecule has 4 aromatic carbocycles. The van der Waals surface area contributed by atoms with Crippen LogP contribution in [-0.4, -0.2) is 103 Å². The molecule has 0 aromatic heterocycles. The molecular formula is C53H60N6O13. The molecule has 0 bridgehead atoms. The highest BCUT2D eigenvalue weighted by Gasteiger charge is 2.73. The van der Waals surface area contributed by atoms with Gasteiger partial charge in [0.25, 0.3) is 11.8 Å². The summed E-state index contributed by atoms with van der Waals surface area (Å²) < 4.78 is 23.3. The predicted octanol–water partition coefficient (Wildman–Crippen LogP) is 4.41. The fraction of sp³-hybridized carbons (Fsp3) is 0.377. The van der Waals surface area contributed by atoms with Crippen LogP contribution in [0.2, 0.25) is 0 Å². The van der Waals surface area contributed by atoms with Crippen LogP contribution in [-0.2, 0) is 51.3 Å². The number of nitrogens with zero attached hydrogens (tertiary/aromatic N) is 1. The SMILES string of the molecule is COc1ccc([C@@]23Oc4cc(O)cc(OC)c4[C@]2(O)C[C@H](C(=O)NCCNC(=O)OCc2ccc(NC(=O)CNC(=O)C(NC(=O)CCCCCN4C(=O)C=CC4=O)C(C)C)cc2)[C@H]3c2ccccc2)cc1. The van der Waals surface area contributed by atoms with Gasteiger partial charge in [0.2, 0.25) is 23.6 Å². The molecule has 7 rings (SSSR count). The van der Waals surface area contributed by atoms with Crippen LogP contribution >= 0.6 is 0 Å². The minimum absolute atomic E-state index is 0.0204. The first-order valence-corrected chi connectivity index (χ1v) is 23.8. The maximum absolute atomic E-state index is 14.3. The quantitative estimate of drug-likeness (QED) is 0.0426. The molecule has 4 aromatic rings. The number of hydrogen-bond donors (Lipinski definition) is 7. The van der Waals surface area contributed by atoms with Gasteiger partial charge in [0, 0.05) is 61.9 Å². The summed E-state index contributed by atoms with van der Waals surface area (Å²) in [5, 5.41) is 37.2. The van der Waals surface area contributed by atoms with Crippen molar-refractivity contribution in [2.45, 2.75) is 75.7 Å². The zero-order chi connectivity index (χ0) is 51.6. The number of imide groups is 1. The zero-order valence-corrected chi connectivity index (χ0v) is 40.5. The van der Waals surface area contributed by atoms with Gasteiger partial charge in [-0.05, 0) is 66.1 Å². The van der Waals surface area contributed by atoms with Crippen LogP contribution in [0.1, 0.15) is 74.1 Å². The number of aromatic hydroxyl groups is 1. The molecule has 1 unspecified atom stereocenters. The van der Waals surface area contributed by atoms with Crippen molar-refractivity contribution in [3.63, 3.8) is 0 Å². The first-order valence-electron chi connectivity index (χ1n) is 23.8. The molecule has 1 aliphatic carbocycles. The van der Waals surface area contributed by atoms with E-state index in [1.165, 1.54) is 31.4 Å². The molecule has 1 saturated carbocycles. The Morgan fingerprint density at radius 2 is 1.51 bits per heavy atom. The van der Waals surface area contributed by atoms with E-state index in [0.717, 1.165) is 10.5 Å². The number of ether oxygens (including phenoxy) is 4. The highest BCUT2D eigenvalue weighted by Crippen LogP contribution is 2.70. The van der Waals surface area contributed by atoms with Crippen molar-refractivity contribution in [3.8, 4) is 23.0 Å². The van der Waals surface area contributed by atoms with Gasteiger partial charge in [0.1, 0.15) is 41.2 Å². The third kappa shape index (κ3) is 11.3. The number of nitrogens with one attached hydrogen (secondary N) is 5. The molecule has 2 heterocycles. The summed E-state index contributed by atoms with van der Waals surface area (Å²) in [5.74, 6) is -3.39. The molecule has 0 saturated heterocycles. The largest absolute Gasteiger partial charge is 0.508 e. The number of alkyl carbamates (subject to hydrolysis) is 1. The topological polar surface area (TPSA) is 260 Å². The summed E-state index contributed by atoms with van der Waals surface area (Å²) in [6.45, 7) is 3.43. The van der Waals surface area contributed by atoms with Crippen LogP contribution in [0.4, 0.5) is 10.5 Å². The molecule has 19 nitrogen and oxygen atoms in total. The molecule has 1 fully saturated rings. The molecule has 19 heteroatoms. The normalized spacial score (nSPS) is 19.9. The van der Waals surface area contributed by atoms with Crippen molar-refractivity contribution >= 4 is 47.2 Å². The van der Waals surface area contributed by atoms with Crippen LogP contribution in [0.5, 0.6) is 23.0 Å². The predicted molar refractivity (Wildman–Crippen MR) is 262 cm³/mol. The Kier molecular flexibility index (Phi) is 16.5. The highest BCUT2D eigenvalue weighted by atomic mass is 16.5. The summed E-state index contributed by atoms with van der Waals surface area (Å²) in [6, 6.07) is 24.9. The molecule has 72 heavy (non-hydrogen) atoms. The number of phenols is 1. The number of hydrogen-bond acceptors (Lipinski definition) is 13. The van der Waals surface area contributed by atoms with E-state index in [1.807, 2.05) is 30.3 Å². The lowest BCUT2D eigenvalue weighted by Gasteiger charge is -2.40. The fourth-order valence-corrected chi connectivity index (χ4v) is 9.66. The van der Waals surface area contributed by atoms with E-state index in [2.05, 4.69) is 26.6 Å². The van der Waals surface area contributed by atoms with Crippen molar-refractivity contribution in [1.29, 1.82) is 0 Å². The second-order valence-corrected chi connectivity index (χ2v) is 18.2. The monoisotopic (exact) mass is 988 g/mol. The number of amides is 7. The Bertz CT molecular complexity index is 2660. The molecule has 2 aliphatic heterocycles. The van der Waals surface area contributed by atoms with Crippen LogP contribution < -0.4 is 40.8 Å². The summed E-state index contributed by atoms with van der Waals surface area (Å²) >= 11 is 0. The Labute approximate surface area is 416 Å². The van der Waals surface area contributed by atoms with Gasteiger partial charge in [-0.25, -0.2) is 4.79 Å². The zero-order valence-electron chi connectivity index (χ0n) is 40.5. The van der Waals surface area contributed by atoms with Crippen molar-refractivity contribution in [2.24, 2.45) is 11.8 Å². The Hall–Kier alpha value is -7.93. The van der Waals surface area contributed by atoms with Crippen LogP contribution in [0, 0.1) is 11.8 Å². The van der Waals surface area contributed by atoms with E-state index in [1.54, 1.807) is 69.5 Å².